The maximum absolute atomic E-state index is 10.0. The Morgan fingerprint density at radius 1 is 1.17 bits per heavy atom. The third-order valence-electron chi connectivity index (χ3n) is 3.27. The molecule has 0 amide bonds. The minimum atomic E-state index is -0.335. The number of unbranched alkanes of at least 4 members (excludes halogenated alkanes) is 1. The van der Waals surface area contributed by atoms with Gasteiger partial charge < -0.3 is 5.11 Å². The second-order valence-electron chi connectivity index (χ2n) is 4.62. The van der Waals surface area contributed by atoms with Gasteiger partial charge in [0.25, 0.3) is 0 Å². The number of aliphatic hydroxyl groups is 1. The Kier molecular flexibility index (Phi) is 4.53. The molecule has 96 valence electrons. The van der Waals surface area contributed by atoms with E-state index < -0.39 is 0 Å². The average Bonchev–Trinajstić information content (AvgIpc) is 2.81. The van der Waals surface area contributed by atoms with Crippen molar-refractivity contribution >= 4 is 0 Å². The van der Waals surface area contributed by atoms with Gasteiger partial charge in [-0.3, -0.25) is 4.68 Å². The molecule has 0 fully saturated rings. The number of rotatable bonds is 6. The van der Waals surface area contributed by atoms with Gasteiger partial charge in [0.15, 0.2) is 0 Å². The molecule has 0 saturated carbocycles. The van der Waals surface area contributed by atoms with Crippen LogP contribution in [0.15, 0.2) is 42.6 Å². The minimum absolute atomic E-state index is 0.335. The largest absolute Gasteiger partial charge is 0.388 e. The molecular weight excluding hydrogens is 224 g/mol. The highest BCUT2D eigenvalue weighted by molar-refractivity contribution is 5.17. The minimum Gasteiger partial charge on any atom is -0.388 e. The Hall–Kier alpha value is -1.61. The van der Waals surface area contributed by atoms with E-state index in [1.165, 1.54) is 5.69 Å². The van der Waals surface area contributed by atoms with Gasteiger partial charge in [0.1, 0.15) is 0 Å². The Bertz CT molecular complexity index is 464. The van der Waals surface area contributed by atoms with Crippen LogP contribution in [-0.4, -0.2) is 14.9 Å². The Morgan fingerprint density at radius 3 is 2.61 bits per heavy atom. The molecule has 0 saturated heterocycles. The van der Waals surface area contributed by atoms with Crippen molar-refractivity contribution in [3.05, 3.63) is 53.9 Å². The molecule has 1 unspecified atom stereocenters. The summed E-state index contributed by atoms with van der Waals surface area (Å²) in [7, 11) is 1.97. The van der Waals surface area contributed by atoms with Crippen LogP contribution < -0.4 is 0 Å². The lowest BCUT2D eigenvalue weighted by molar-refractivity contribution is 0.163. The van der Waals surface area contributed by atoms with Crippen LogP contribution in [-0.2, 0) is 13.5 Å². The molecule has 3 heteroatoms. The van der Waals surface area contributed by atoms with Gasteiger partial charge >= 0.3 is 0 Å². The van der Waals surface area contributed by atoms with E-state index in [-0.39, 0.29) is 6.10 Å². The summed E-state index contributed by atoms with van der Waals surface area (Å²) < 4.78 is 1.91. The van der Waals surface area contributed by atoms with Crippen LogP contribution >= 0.6 is 0 Å². The number of aryl methyl sites for hydroxylation is 2. The predicted molar refractivity (Wildman–Crippen MR) is 72.2 cm³/mol. The number of hydrogen-bond acceptors (Lipinski definition) is 2. The molecule has 0 aliphatic carbocycles. The summed E-state index contributed by atoms with van der Waals surface area (Å²) >= 11 is 0. The molecule has 2 aromatic rings. The molecule has 18 heavy (non-hydrogen) atoms. The third kappa shape index (κ3) is 3.44. The van der Waals surface area contributed by atoms with Gasteiger partial charge in [-0.2, -0.15) is 5.10 Å². The van der Waals surface area contributed by atoms with Gasteiger partial charge in [0.2, 0.25) is 0 Å². The van der Waals surface area contributed by atoms with Crippen molar-refractivity contribution in [2.24, 2.45) is 7.05 Å². The van der Waals surface area contributed by atoms with Crippen molar-refractivity contribution in [1.82, 2.24) is 9.78 Å². The van der Waals surface area contributed by atoms with Crippen molar-refractivity contribution < 1.29 is 5.11 Å². The van der Waals surface area contributed by atoms with E-state index in [9.17, 15) is 5.11 Å². The molecule has 3 nitrogen and oxygen atoms in total. The van der Waals surface area contributed by atoms with Crippen molar-refractivity contribution in [3.8, 4) is 0 Å². The normalized spacial score (nSPS) is 12.6. The van der Waals surface area contributed by atoms with Crippen molar-refractivity contribution in [2.75, 3.05) is 0 Å². The number of benzene rings is 1. The highest BCUT2D eigenvalue weighted by Crippen LogP contribution is 2.19. The monoisotopic (exact) mass is 244 g/mol. The summed E-state index contributed by atoms with van der Waals surface area (Å²) in [5.74, 6) is 0. The molecule has 1 heterocycles. The first-order valence-corrected chi connectivity index (χ1v) is 6.47. The summed E-state index contributed by atoms with van der Waals surface area (Å²) in [6, 6.07) is 11.9. The fourth-order valence-corrected chi connectivity index (χ4v) is 2.13. The zero-order valence-corrected chi connectivity index (χ0v) is 10.8. The summed E-state index contributed by atoms with van der Waals surface area (Å²) in [4.78, 5) is 0. The van der Waals surface area contributed by atoms with Crippen LogP contribution in [0.1, 0.15) is 36.6 Å². The second-order valence-corrected chi connectivity index (χ2v) is 4.62. The lowest BCUT2D eigenvalue weighted by Gasteiger charge is -2.10. The average molecular weight is 244 g/mol. The fourth-order valence-electron chi connectivity index (χ4n) is 2.13. The van der Waals surface area contributed by atoms with Crippen LogP contribution in [0, 0.1) is 0 Å². The lowest BCUT2D eigenvalue weighted by atomic mass is 10.0. The number of hydrogen-bond donors (Lipinski definition) is 1. The van der Waals surface area contributed by atoms with E-state index in [1.807, 2.05) is 54.3 Å². The fraction of sp³-hybridized carbons (Fsp3) is 0.400. The summed E-state index contributed by atoms with van der Waals surface area (Å²) in [5.41, 5.74) is 2.27. The van der Waals surface area contributed by atoms with Crippen molar-refractivity contribution in [1.29, 1.82) is 0 Å². The van der Waals surface area contributed by atoms with Gasteiger partial charge in [-0.25, -0.2) is 0 Å². The van der Waals surface area contributed by atoms with E-state index in [0.29, 0.717) is 0 Å². The topological polar surface area (TPSA) is 38.0 Å². The van der Waals surface area contributed by atoms with Crippen molar-refractivity contribution in [2.45, 2.75) is 31.8 Å². The van der Waals surface area contributed by atoms with Gasteiger partial charge in [0.05, 0.1) is 6.10 Å². The third-order valence-corrected chi connectivity index (χ3v) is 3.27. The van der Waals surface area contributed by atoms with E-state index >= 15 is 0 Å². The maximum atomic E-state index is 10.0. The summed E-state index contributed by atoms with van der Waals surface area (Å²) in [5, 5.41) is 14.2. The van der Waals surface area contributed by atoms with Crippen LogP contribution in [0.25, 0.3) is 0 Å². The molecule has 0 radical (unpaired) electrons. The van der Waals surface area contributed by atoms with Crippen molar-refractivity contribution in [3.63, 3.8) is 0 Å². The predicted octanol–water partition coefficient (Wildman–Crippen LogP) is 2.87. The van der Waals surface area contributed by atoms with E-state index in [0.717, 1.165) is 31.2 Å². The quantitative estimate of drug-likeness (QED) is 0.793. The van der Waals surface area contributed by atoms with Gasteiger partial charge in [-0.1, -0.05) is 36.8 Å². The molecule has 2 rings (SSSR count). The molecule has 1 N–H and O–H groups in total. The zero-order chi connectivity index (χ0) is 12.8. The smallest absolute Gasteiger partial charge is 0.0790 e. The standard InChI is InChI=1S/C15H20N2O/c1-17-14(11-12-16-17)9-5-6-10-15(18)13-7-3-2-4-8-13/h2-4,7-8,11-12,15,18H,5-6,9-10H2,1H3. The molecule has 1 aromatic heterocycles. The lowest BCUT2D eigenvalue weighted by Crippen LogP contribution is -2.00. The maximum Gasteiger partial charge on any atom is 0.0790 e. The molecule has 1 aromatic carbocycles. The van der Waals surface area contributed by atoms with Crippen LogP contribution in [0.4, 0.5) is 0 Å². The van der Waals surface area contributed by atoms with Crippen LogP contribution in [0.2, 0.25) is 0 Å². The molecule has 0 bridgehead atoms. The Balaban J connectivity index is 1.71. The van der Waals surface area contributed by atoms with Crippen LogP contribution in [0.3, 0.4) is 0 Å². The summed E-state index contributed by atoms with van der Waals surface area (Å²) in [6.07, 6.45) is 5.45. The van der Waals surface area contributed by atoms with Gasteiger partial charge in [0, 0.05) is 18.9 Å². The first-order valence-electron chi connectivity index (χ1n) is 6.47. The SMILES string of the molecule is Cn1nccc1CCCCC(O)c1ccccc1. The van der Waals surface area contributed by atoms with Gasteiger partial charge in [-0.05, 0) is 30.9 Å². The molecular formula is C15H20N2O. The van der Waals surface area contributed by atoms with Crippen LogP contribution in [0.5, 0.6) is 0 Å². The van der Waals surface area contributed by atoms with E-state index in [1.54, 1.807) is 0 Å². The number of aromatic nitrogens is 2. The molecule has 1 atom stereocenters. The van der Waals surface area contributed by atoms with E-state index in [2.05, 4.69) is 5.10 Å². The highest BCUT2D eigenvalue weighted by atomic mass is 16.3. The zero-order valence-electron chi connectivity index (χ0n) is 10.8. The van der Waals surface area contributed by atoms with Gasteiger partial charge in [-0.15, -0.1) is 0 Å². The molecule has 0 aliphatic rings. The second kappa shape index (κ2) is 6.36. The summed E-state index contributed by atoms with van der Waals surface area (Å²) in [6.45, 7) is 0. The first-order chi connectivity index (χ1) is 8.77. The first kappa shape index (κ1) is 12.8. The number of aliphatic hydroxyl groups excluding tert-OH is 1. The molecule has 0 spiro atoms. The number of nitrogens with zero attached hydrogens (tertiary/aromatic N) is 2. The Morgan fingerprint density at radius 2 is 1.94 bits per heavy atom. The molecule has 0 aliphatic heterocycles. The highest BCUT2D eigenvalue weighted by Gasteiger charge is 2.06. The van der Waals surface area contributed by atoms with E-state index in [4.69, 9.17) is 0 Å². The Labute approximate surface area is 108 Å².